The van der Waals surface area contributed by atoms with Gasteiger partial charge in [-0.1, -0.05) is 24.3 Å². The molecule has 0 fully saturated rings. The maximum Gasteiger partial charge on any atom is 0.252 e. The van der Waals surface area contributed by atoms with Gasteiger partial charge in [0.2, 0.25) is 0 Å². The van der Waals surface area contributed by atoms with E-state index in [0.717, 1.165) is 0 Å². The van der Waals surface area contributed by atoms with E-state index in [1.807, 2.05) is 0 Å². The molecule has 0 aliphatic carbocycles. The van der Waals surface area contributed by atoms with Gasteiger partial charge in [-0.3, -0.25) is 4.79 Å². The molecule has 0 radical (unpaired) electrons. The second kappa shape index (κ2) is 3.39. The molecule has 1 aromatic carbocycles. The van der Waals surface area contributed by atoms with Gasteiger partial charge in [-0.2, -0.15) is 0 Å². The fourth-order valence-electron chi connectivity index (χ4n) is 1.13. The highest BCUT2D eigenvalue weighted by Crippen LogP contribution is 2.19. The Morgan fingerprint density at radius 2 is 2.15 bits per heavy atom. The van der Waals surface area contributed by atoms with Crippen LogP contribution >= 0.6 is 0 Å². The molecule has 0 saturated heterocycles. The molecule has 0 bridgehead atoms. The van der Waals surface area contributed by atoms with Gasteiger partial charge in [0.15, 0.2) is 0 Å². The van der Waals surface area contributed by atoms with Gasteiger partial charge >= 0.3 is 0 Å². The molecule has 1 amide bonds. The van der Waals surface area contributed by atoms with Crippen molar-refractivity contribution >= 4 is 11.5 Å². The molecule has 0 atom stereocenters. The van der Waals surface area contributed by atoms with Gasteiger partial charge in [0.05, 0.1) is 5.56 Å². The van der Waals surface area contributed by atoms with E-state index in [0.29, 0.717) is 11.1 Å². The van der Waals surface area contributed by atoms with Crippen LogP contribution in [0.3, 0.4) is 0 Å². The van der Waals surface area contributed by atoms with Crippen LogP contribution in [0.4, 0.5) is 4.39 Å². The number of amides is 1. The smallest absolute Gasteiger partial charge is 0.252 e. The first-order valence-corrected chi connectivity index (χ1v) is 3.78. The van der Waals surface area contributed by atoms with Gasteiger partial charge < -0.3 is 5.73 Å². The Morgan fingerprint density at radius 3 is 2.54 bits per heavy atom. The zero-order valence-electron chi connectivity index (χ0n) is 7.30. The van der Waals surface area contributed by atoms with Crippen molar-refractivity contribution < 1.29 is 9.18 Å². The number of benzene rings is 1. The van der Waals surface area contributed by atoms with Crippen LogP contribution in [0.5, 0.6) is 0 Å². The summed E-state index contributed by atoms with van der Waals surface area (Å²) in [5.41, 5.74) is 6.03. The minimum atomic E-state index is -0.767. The number of carbonyl (C=O) groups is 1. The average Bonchev–Trinajstić information content (AvgIpc) is 2.02. The highest BCUT2D eigenvalue weighted by atomic mass is 19.1. The van der Waals surface area contributed by atoms with Crippen molar-refractivity contribution in [2.24, 2.45) is 5.73 Å². The predicted octanol–water partition coefficient (Wildman–Crippen LogP) is 1.96. The quantitative estimate of drug-likeness (QED) is 0.740. The van der Waals surface area contributed by atoms with E-state index in [9.17, 15) is 9.18 Å². The molecule has 0 spiro atoms. The highest BCUT2D eigenvalue weighted by molar-refractivity contribution is 5.98. The van der Waals surface area contributed by atoms with Gasteiger partial charge in [-0.05, 0) is 18.6 Å². The molecule has 3 heteroatoms. The van der Waals surface area contributed by atoms with Crippen LogP contribution in [0.15, 0.2) is 24.8 Å². The largest absolute Gasteiger partial charge is 0.365 e. The number of primary amides is 1. The molecule has 1 rings (SSSR count). The number of halogens is 1. The van der Waals surface area contributed by atoms with Gasteiger partial charge in [-0.15, -0.1) is 0 Å². The molecule has 2 nitrogen and oxygen atoms in total. The minimum Gasteiger partial charge on any atom is -0.365 e. The SMILES string of the molecule is C=C(C)c1cccc(F)c1C(N)=O. The molecular weight excluding hydrogens is 169 g/mol. The maximum atomic E-state index is 13.1. The summed E-state index contributed by atoms with van der Waals surface area (Å²) in [6.45, 7) is 5.33. The summed E-state index contributed by atoms with van der Waals surface area (Å²) in [7, 11) is 0. The molecule has 13 heavy (non-hydrogen) atoms. The number of allylic oxidation sites excluding steroid dienone is 1. The highest BCUT2D eigenvalue weighted by Gasteiger charge is 2.13. The topological polar surface area (TPSA) is 43.1 Å². The third kappa shape index (κ3) is 1.75. The van der Waals surface area contributed by atoms with Gasteiger partial charge in [-0.25, -0.2) is 4.39 Å². The van der Waals surface area contributed by atoms with Gasteiger partial charge in [0.25, 0.3) is 5.91 Å². The van der Waals surface area contributed by atoms with Gasteiger partial charge in [0, 0.05) is 0 Å². The number of hydrogen-bond acceptors (Lipinski definition) is 1. The van der Waals surface area contributed by atoms with Crippen molar-refractivity contribution in [2.75, 3.05) is 0 Å². The standard InChI is InChI=1S/C10H10FNO/c1-6(2)7-4-3-5-8(11)9(7)10(12)13/h3-5H,1H2,2H3,(H2,12,13). The van der Waals surface area contributed by atoms with E-state index in [2.05, 4.69) is 6.58 Å². The molecule has 0 aromatic heterocycles. The van der Waals surface area contributed by atoms with Crippen LogP contribution in [0.25, 0.3) is 5.57 Å². The second-order valence-corrected chi connectivity index (χ2v) is 2.81. The van der Waals surface area contributed by atoms with Crippen LogP contribution in [-0.2, 0) is 0 Å². The van der Waals surface area contributed by atoms with Crippen LogP contribution in [0, 0.1) is 5.82 Å². The molecule has 0 heterocycles. The monoisotopic (exact) mass is 179 g/mol. The van der Waals surface area contributed by atoms with Crippen molar-refractivity contribution in [3.63, 3.8) is 0 Å². The Morgan fingerprint density at radius 1 is 1.54 bits per heavy atom. The van der Waals surface area contributed by atoms with E-state index in [1.165, 1.54) is 12.1 Å². The van der Waals surface area contributed by atoms with Crippen molar-refractivity contribution in [3.05, 3.63) is 41.7 Å². The summed E-state index contributed by atoms with van der Waals surface area (Å²) in [4.78, 5) is 10.9. The Kier molecular flexibility index (Phi) is 2.46. The first kappa shape index (κ1) is 9.45. The fraction of sp³-hybridized carbons (Fsp3) is 0.100. The predicted molar refractivity (Wildman–Crippen MR) is 49.6 cm³/mol. The average molecular weight is 179 g/mol. The molecule has 0 unspecified atom stereocenters. The van der Waals surface area contributed by atoms with E-state index in [-0.39, 0.29) is 5.56 Å². The summed E-state index contributed by atoms with van der Waals surface area (Å²) >= 11 is 0. The Bertz CT molecular complexity index is 371. The Balaban J connectivity index is 3.43. The van der Waals surface area contributed by atoms with Crippen LogP contribution in [0.2, 0.25) is 0 Å². The first-order valence-electron chi connectivity index (χ1n) is 3.78. The van der Waals surface area contributed by atoms with E-state index < -0.39 is 11.7 Å². The lowest BCUT2D eigenvalue weighted by Gasteiger charge is -2.06. The summed E-state index contributed by atoms with van der Waals surface area (Å²) < 4.78 is 13.1. The number of nitrogens with two attached hydrogens (primary N) is 1. The second-order valence-electron chi connectivity index (χ2n) is 2.81. The van der Waals surface area contributed by atoms with Crippen molar-refractivity contribution in [3.8, 4) is 0 Å². The molecule has 1 aromatic rings. The third-order valence-corrected chi connectivity index (χ3v) is 1.72. The zero-order valence-corrected chi connectivity index (χ0v) is 7.30. The Labute approximate surface area is 75.9 Å². The van der Waals surface area contributed by atoms with E-state index in [4.69, 9.17) is 5.73 Å². The maximum absolute atomic E-state index is 13.1. The van der Waals surface area contributed by atoms with Crippen molar-refractivity contribution in [2.45, 2.75) is 6.92 Å². The molecule has 0 aliphatic heterocycles. The first-order chi connectivity index (χ1) is 6.04. The summed E-state index contributed by atoms with van der Waals surface area (Å²) in [6, 6.07) is 4.34. The molecule has 2 N–H and O–H groups in total. The normalized spacial score (nSPS) is 9.69. The summed E-state index contributed by atoms with van der Waals surface area (Å²) in [5, 5.41) is 0. The Hall–Kier alpha value is -1.64. The minimum absolute atomic E-state index is 0.0880. The van der Waals surface area contributed by atoms with Crippen molar-refractivity contribution in [1.82, 2.24) is 0 Å². The summed E-state index contributed by atoms with van der Waals surface area (Å²) in [5.74, 6) is -1.37. The number of rotatable bonds is 2. The third-order valence-electron chi connectivity index (χ3n) is 1.72. The van der Waals surface area contributed by atoms with Crippen molar-refractivity contribution in [1.29, 1.82) is 0 Å². The van der Waals surface area contributed by atoms with Crippen LogP contribution < -0.4 is 5.73 Å². The fourth-order valence-corrected chi connectivity index (χ4v) is 1.13. The van der Waals surface area contributed by atoms with E-state index in [1.54, 1.807) is 13.0 Å². The lowest BCUT2D eigenvalue weighted by Crippen LogP contribution is -2.15. The zero-order chi connectivity index (χ0) is 10.0. The molecule has 0 saturated carbocycles. The van der Waals surface area contributed by atoms with Crippen LogP contribution in [-0.4, -0.2) is 5.91 Å². The van der Waals surface area contributed by atoms with E-state index >= 15 is 0 Å². The number of carbonyl (C=O) groups excluding carboxylic acids is 1. The molecule has 68 valence electrons. The number of hydrogen-bond donors (Lipinski definition) is 1. The lowest BCUT2D eigenvalue weighted by molar-refractivity contribution is 0.0996. The lowest BCUT2D eigenvalue weighted by atomic mass is 10.0. The van der Waals surface area contributed by atoms with Gasteiger partial charge in [0.1, 0.15) is 5.82 Å². The molecule has 0 aliphatic rings. The molecular formula is C10H10FNO. The van der Waals surface area contributed by atoms with Crippen LogP contribution in [0.1, 0.15) is 22.8 Å². The summed E-state index contributed by atoms with van der Waals surface area (Å²) in [6.07, 6.45) is 0.